The Hall–Kier alpha value is 0.243. The molecule has 0 unspecified atom stereocenters. The maximum atomic E-state index is 2.53. The van der Waals surface area contributed by atoms with Gasteiger partial charge in [0.1, 0.15) is 0 Å². The van der Waals surface area contributed by atoms with Gasteiger partial charge in [-0.05, 0) is 0 Å². The molecule has 0 atom stereocenters. The van der Waals surface area contributed by atoms with Crippen molar-refractivity contribution in [2.75, 3.05) is 42.3 Å². The van der Waals surface area contributed by atoms with Crippen molar-refractivity contribution in [3.8, 4) is 0 Å². The SMILES string of the molecule is CCCCC1=[C]([Zr]([N](C)C)([N](C)C)[N](C)C)CC=C1. The second kappa shape index (κ2) is 7.31. The molecule has 0 aliphatic heterocycles. The van der Waals surface area contributed by atoms with Gasteiger partial charge in [0.15, 0.2) is 0 Å². The Balaban J connectivity index is 3.24. The van der Waals surface area contributed by atoms with Crippen LogP contribution in [0.5, 0.6) is 0 Å². The van der Waals surface area contributed by atoms with E-state index in [1.165, 1.54) is 19.3 Å². The molecule has 0 amide bonds. The molecule has 0 aromatic rings. The number of hydrogen-bond acceptors (Lipinski definition) is 3. The first kappa shape index (κ1) is 17.3. The molecule has 0 spiro atoms. The number of hydrogen-bond donors (Lipinski definition) is 0. The zero-order chi connectivity index (χ0) is 14.6. The zero-order valence-corrected chi connectivity index (χ0v) is 16.3. The monoisotopic (exact) mass is 343 g/mol. The van der Waals surface area contributed by atoms with Crippen LogP contribution in [-0.4, -0.2) is 50.8 Å². The van der Waals surface area contributed by atoms with E-state index in [1.54, 1.807) is 8.85 Å². The molecule has 0 saturated heterocycles. The van der Waals surface area contributed by atoms with Crippen molar-refractivity contribution >= 4 is 0 Å². The summed E-state index contributed by atoms with van der Waals surface area (Å²) in [6, 6.07) is 0. The second-order valence-electron chi connectivity index (χ2n) is 6.03. The summed E-state index contributed by atoms with van der Waals surface area (Å²) in [5.41, 5.74) is 1.62. The molecule has 3 nitrogen and oxygen atoms in total. The molecule has 0 radical (unpaired) electrons. The average molecular weight is 345 g/mol. The van der Waals surface area contributed by atoms with Gasteiger partial charge in [0.2, 0.25) is 0 Å². The predicted octanol–water partition coefficient (Wildman–Crippen LogP) is 2.97. The molecule has 1 rings (SSSR count). The molecule has 0 saturated carbocycles. The number of nitrogens with zero attached hydrogens (tertiary/aromatic N) is 3. The fourth-order valence-corrected chi connectivity index (χ4v) is 15.9. The van der Waals surface area contributed by atoms with Gasteiger partial charge in [-0.2, -0.15) is 0 Å². The first-order valence-corrected chi connectivity index (χ1v) is 11.8. The van der Waals surface area contributed by atoms with Crippen LogP contribution in [0.25, 0.3) is 0 Å². The van der Waals surface area contributed by atoms with E-state index >= 15 is 0 Å². The van der Waals surface area contributed by atoms with Crippen molar-refractivity contribution < 1.29 is 21.1 Å². The normalized spacial score (nSPS) is 16.5. The average Bonchev–Trinajstić information content (AvgIpc) is 2.74. The van der Waals surface area contributed by atoms with E-state index in [0.717, 1.165) is 6.42 Å². The molecule has 0 fully saturated rings. The van der Waals surface area contributed by atoms with Crippen LogP contribution < -0.4 is 0 Å². The summed E-state index contributed by atoms with van der Waals surface area (Å²) in [4.78, 5) is 0. The summed E-state index contributed by atoms with van der Waals surface area (Å²) in [7, 11) is 13.6. The van der Waals surface area contributed by atoms with E-state index in [-0.39, 0.29) is 0 Å². The molecule has 4 heteroatoms. The van der Waals surface area contributed by atoms with Gasteiger partial charge < -0.3 is 0 Å². The van der Waals surface area contributed by atoms with Crippen LogP contribution in [0.4, 0.5) is 0 Å². The van der Waals surface area contributed by atoms with Crippen LogP contribution in [0.3, 0.4) is 0 Å². The molecule has 110 valence electrons. The third-order valence-corrected chi connectivity index (χ3v) is 16.6. The molecule has 0 aromatic heterocycles. The van der Waals surface area contributed by atoms with Gasteiger partial charge in [0.05, 0.1) is 0 Å². The van der Waals surface area contributed by atoms with E-state index in [1.807, 2.05) is 0 Å². The molecular weight excluding hydrogens is 313 g/mol. The van der Waals surface area contributed by atoms with Crippen LogP contribution in [0.15, 0.2) is 21.0 Å². The summed E-state index contributed by atoms with van der Waals surface area (Å²) in [5.74, 6) is 0. The molecule has 0 bridgehead atoms. The fraction of sp³-hybridized carbons (Fsp3) is 0.733. The topological polar surface area (TPSA) is 9.72 Å². The fourth-order valence-electron chi connectivity index (χ4n) is 3.51. The van der Waals surface area contributed by atoms with Gasteiger partial charge in [0.25, 0.3) is 0 Å². The molecule has 1 aliphatic carbocycles. The standard InChI is InChI=1S/C9H13.3C2H6N.Zr/c1-2-3-6-9-7-4-5-8-9;3*1-3-2;/h4,7H,2-3,5-6H2,1H3;3*1-2H3;/q;3*-1;+3. The minimum atomic E-state index is -2.79. The zero-order valence-electron chi connectivity index (χ0n) is 13.8. The Morgan fingerprint density at radius 2 is 1.53 bits per heavy atom. The van der Waals surface area contributed by atoms with Crippen LogP contribution in [0.2, 0.25) is 0 Å². The van der Waals surface area contributed by atoms with Gasteiger partial charge in [-0.15, -0.1) is 0 Å². The van der Waals surface area contributed by atoms with Crippen molar-refractivity contribution in [2.24, 2.45) is 0 Å². The van der Waals surface area contributed by atoms with Crippen molar-refractivity contribution in [3.05, 3.63) is 21.0 Å². The van der Waals surface area contributed by atoms with E-state index in [4.69, 9.17) is 0 Å². The first-order valence-electron chi connectivity index (χ1n) is 7.30. The van der Waals surface area contributed by atoms with E-state index < -0.39 is 21.1 Å². The van der Waals surface area contributed by atoms with Crippen molar-refractivity contribution in [2.45, 2.75) is 32.6 Å². The Bertz CT molecular complexity index is 335. The Kier molecular flexibility index (Phi) is 6.65. The quantitative estimate of drug-likeness (QED) is 0.703. The van der Waals surface area contributed by atoms with Gasteiger partial charge in [-0.3, -0.25) is 0 Å². The van der Waals surface area contributed by atoms with Gasteiger partial charge in [-0.1, -0.05) is 0 Å². The molecule has 19 heavy (non-hydrogen) atoms. The maximum absolute atomic E-state index is 2.79. The molecular formula is C15H31N3Zr. The van der Waals surface area contributed by atoms with E-state index in [9.17, 15) is 0 Å². The second-order valence-corrected chi connectivity index (χ2v) is 17.2. The van der Waals surface area contributed by atoms with E-state index in [0.29, 0.717) is 0 Å². The Labute approximate surface area is 125 Å². The van der Waals surface area contributed by atoms with Crippen molar-refractivity contribution in [1.29, 1.82) is 0 Å². The van der Waals surface area contributed by atoms with Crippen molar-refractivity contribution in [3.63, 3.8) is 0 Å². The number of rotatable bonds is 7. The number of unbranched alkanes of at least 4 members (excludes halogenated alkanes) is 1. The van der Waals surface area contributed by atoms with E-state index in [2.05, 4.69) is 69.9 Å². The van der Waals surface area contributed by atoms with Crippen LogP contribution >= 0.6 is 0 Å². The van der Waals surface area contributed by atoms with Gasteiger partial charge >= 0.3 is 126 Å². The van der Waals surface area contributed by atoms with Crippen LogP contribution in [0, 0.1) is 0 Å². The Morgan fingerprint density at radius 3 is 1.95 bits per heavy atom. The molecule has 0 heterocycles. The molecule has 1 aliphatic rings. The van der Waals surface area contributed by atoms with Gasteiger partial charge in [0, 0.05) is 0 Å². The third kappa shape index (κ3) is 3.29. The van der Waals surface area contributed by atoms with Crippen LogP contribution in [0.1, 0.15) is 32.6 Å². The summed E-state index contributed by atoms with van der Waals surface area (Å²) < 4.78 is 9.33. The van der Waals surface area contributed by atoms with Gasteiger partial charge in [-0.25, -0.2) is 0 Å². The molecule has 0 N–H and O–H groups in total. The number of allylic oxidation sites excluding steroid dienone is 4. The first-order chi connectivity index (χ1) is 8.88. The summed E-state index contributed by atoms with van der Waals surface area (Å²) >= 11 is -2.79. The van der Waals surface area contributed by atoms with Crippen LogP contribution in [-0.2, 0) is 21.1 Å². The summed E-state index contributed by atoms with van der Waals surface area (Å²) in [6.07, 6.45) is 9.73. The van der Waals surface area contributed by atoms with Crippen molar-refractivity contribution in [1.82, 2.24) is 8.53 Å². The predicted molar refractivity (Wildman–Crippen MR) is 81.4 cm³/mol. The minimum absolute atomic E-state index is 1.16. The summed E-state index contributed by atoms with van der Waals surface area (Å²) in [5, 5.41) is 0. The third-order valence-electron chi connectivity index (χ3n) is 4.10. The molecule has 0 aromatic carbocycles. The summed E-state index contributed by atoms with van der Waals surface area (Å²) in [6.45, 7) is 2.28. The Morgan fingerprint density at radius 1 is 1.00 bits per heavy atom.